The van der Waals surface area contributed by atoms with Crippen LogP contribution in [0.15, 0.2) is 30.6 Å². The maximum atomic E-state index is 12.6. The Balaban J connectivity index is 1.47. The molecule has 0 fully saturated rings. The third-order valence-electron chi connectivity index (χ3n) is 3.89. The van der Waals surface area contributed by atoms with E-state index in [4.69, 9.17) is 0 Å². The van der Waals surface area contributed by atoms with Gasteiger partial charge in [-0.25, -0.2) is 0 Å². The number of rotatable bonds is 3. The van der Waals surface area contributed by atoms with E-state index in [9.17, 15) is 4.79 Å². The van der Waals surface area contributed by atoms with Crippen molar-refractivity contribution >= 4 is 27.9 Å². The number of carbonyl (C=O) groups is 1. The Labute approximate surface area is 131 Å². The van der Waals surface area contributed by atoms with Crippen molar-refractivity contribution in [3.05, 3.63) is 41.2 Å². The number of nitrogens with zero attached hydrogens (tertiary/aromatic N) is 5. The molecule has 7 heteroatoms. The van der Waals surface area contributed by atoms with Gasteiger partial charge in [-0.3, -0.25) is 4.79 Å². The maximum Gasteiger partial charge on any atom is 0.234 e. The van der Waals surface area contributed by atoms with Crippen molar-refractivity contribution in [3.63, 3.8) is 0 Å². The van der Waals surface area contributed by atoms with Crippen LogP contribution in [0.4, 0.5) is 5.69 Å². The van der Waals surface area contributed by atoms with Crippen molar-refractivity contribution in [2.75, 3.05) is 11.4 Å². The number of hydrogen-bond acceptors (Lipinski definition) is 5. The van der Waals surface area contributed by atoms with Crippen molar-refractivity contribution < 1.29 is 4.79 Å². The second-order valence-corrected chi connectivity index (χ2v) is 6.37. The summed E-state index contributed by atoms with van der Waals surface area (Å²) in [6.07, 6.45) is 4.78. The number of para-hydroxylation sites is 1. The van der Waals surface area contributed by atoms with Crippen LogP contribution in [0, 0.1) is 0 Å². The summed E-state index contributed by atoms with van der Waals surface area (Å²) >= 11 is 1.49. The number of anilines is 1. The maximum absolute atomic E-state index is 12.6. The number of benzene rings is 1. The van der Waals surface area contributed by atoms with Crippen molar-refractivity contribution in [1.29, 1.82) is 0 Å². The third-order valence-corrected chi connectivity index (χ3v) is 4.87. The summed E-state index contributed by atoms with van der Waals surface area (Å²) in [6.45, 7) is 0.807. The van der Waals surface area contributed by atoms with E-state index in [1.165, 1.54) is 16.9 Å². The zero-order valence-electron chi connectivity index (χ0n) is 12.0. The first kappa shape index (κ1) is 13.4. The second-order valence-electron chi connectivity index (χ2n) is 5.33. The molecule has 0 aliphatic carbocycles. The van der Waals surface area contributed by atoms with E-state index in [-0.39, 0.29) is 5.91 Å². The molecule has 112 valence electrons. The predicted molar refractivity (Wildman–Crippen MR) is 84.1 cm³/mol. The van der Waals surface area contributed by atoms with Gasteiger partial charge in [-0.1, -0.05) is 29.5 Å². The smallest absolute Gasteiger partial charge is 0.234 e. The van der Waals surface area contributed by atoms with Gasteiger partial charge >= 0.3 is 0 Å². The number of aromatic nitrogens is 4. The lowest BCUT2D eigenvalue weighted by atomic mass is 10.0. The average molecular weight is 313 g/mol. The van der Waals surface area contributed by atoms with Crippen LogP contribution in [0.3, 0.4) is 0 Å². The van der Waals surface area contributed by atoms with Crippen LogP contribution in [0.5, 0.6) is 0 Å². The van der Waals surface area contributed by atoms with Crippen molar-refractivity contribution in [2.45, 2.75) is 25.7 Å². The highest BCUT2D eigenvalue weighted by atomic mass is 32.1. The van der Waals surface area contributed by atoms with E-state index in [2.05, 4.69) is 21.4 Å². The Kier molecular flexibility index (Phi) is 3.34. The van der Waals surface area contributed by atoms with E-state index in [1.807, 2.05) is 23.1 Å². The van der Waals surface area contributed by atoms with E-state index in [0.717, 1.165) is 35.0 Å². The van der Waals surface area contributed by atoms with Gasteiger partial charge in [-0.15, -0.1) is 10.2 Å². The van der Waals surface area contributed by atoms with Gasteiger partial charge in [0.25, 0.3) is 0 Å². The molecule has 0 radical (unpaired) electrons. The fourth-order valence-electron chi connectivity index (χ4n) is 2.84. The molecule has 0 unspecified atom stereocenters. The summed E-state index contributed by atoms with van der Waals surface area (Å²) in [6, 6.07) is 8.17. The molecule has 4 rings (SSSR count). The lowest BCUT2D eigenvalue weighted by Gasteiger charge is -2.29. The number of hydrogen-bond donors (Lipinski definition) is 0. The molecule has 0 spiro atoms. The van der Waals surface area contributed by atoms with Gasteiger partial charge in [-0.05, 0) is 24.5 Å². The predicted octanol–water partition coefficient (Wildman–Crippen LogP) is 2.10. The zero-order valence-corrected chi connectivity index (χ0v) is 12.8. The molecule has 6 nitrogen and oxygen atoms in total. The molecular weight excluding hydrogens is 298 g/mol. The molecule has 3 heterocycles. The Morgan fingerprint density at radius 1 is 1.32 bits per heavy atom. The second kappa shape index (κ2) is 5.49. The molecule has 3 aromatic rings. The number of carbonyl (C=O) groups excluding carboxylic acids is 1. The first-order valence-electron chi connectivity index (χ1n) is 7.35. The summed E-state index contributed by atoms with van der Waals surface area (Å²) in [7, 11) is 0. The minimum absolute atomic E-state index is 0.165. The lowest BCUT2D eigenvalue weighted by Crippen LogP contribution is -2.35. The lowest BCUT2D eigenvalue weighted by molar-refractivity contribution is -0.118. The highest BCUT2D eigenvalue weighted by Crippen LogP contribution is 2.27. The molecule has 1 amide bonds. The monoisotopic (exact) mass is 313 g/mol. The molecule has 0 saturated heterocycles. The topological polar surface area (TPSA) is 63.4 Å². The van der Waals surface area contributed by atoms with Crippen LogP contribution in [0.2, 0.25) is 0 Å². The minimum Gasteiger partial charge on any atom is -0.312 e. The highest BCUT2D eigenvalue weighted by Gasteiger charge is 2.22. The Hall–Kier alpha value is -2.28. The summed E-state index contributed by atoms with van der Waals surface area (Å²) in [5.41, 5.74) is 2.33. The molecule has 1 aromatic carbocycles. The van der Waals surface area contributed by atoms with Gasteiger partial charge in [0.05, 0.1) is 0 Å². The van der Waals surface area contributed by atoms with Crippen LogP contribution in [-0.4, -0.2) is 32.3 Å². The standard InChI is InChI=1S/C15H15N5OS/c21-14(8-7-13-18-20-10-16-17-15(20)22-13)19-9-3-5-11-4-1-2-6-12(11)19/h1-2,4,6,10H,3,5,7-9H2. The molecule has 1 aliphatic rings. The van der Waals surface area contributed by atoms with Crippen LogP contribution >= 0.6 is 11.3 Å². The van der Waals surface area contributed by atoms with Gasteiger partial charge in [0.2, 0.25) is 10.9 Å². The van der Waals surface area contributed by atoms with Gasteiger partial charge in [0, 0.05) is 25.1 Å². The SMILES string of the molecule is O=C(CCc1nn2cnnc2s1)N1CCCc2ccccc21. The Bertz CT molecular complexity index is 796. The molecule has 22 heavy (non-hydrogen) atoms. The van der Waals surface area contributed by atoms with Gasteiger partial charge in [0.15, 0.2) is 0 Å². The van der Waals surface area contributed by atoms with E-state index >= 15 is 0 Å². The summed E-state index contributed by atoms with van der Waals surface area (Å²) in [4.78, 5) is 15.2. The van der Waals surface area contributed by atoms with Gasteiger partial charge < -0.3 is 4.90 Å². The molecule has 0 atom stereocenters. The Morgan fingerprint density at radius 3 is 3.14 bits per heavy atom. The van der Waals surface area contributed by atoms with Gasteiger partial charge in [-0.2, -0.15) is 9.61 Å². The van der Waals surface area contributed by atoms with Crippen molar-refractivity contribution in [3.8, 4) is 0 Å². The first-order valence-corrected chi connectivity index (χ1v) is 8.17. The number of amides is 1. The molecular formula is C15H15N5OS. The molecule has 2 aromatic heterocycles. The van der Waals surface area contributed by atoms with Gasteiger partial charge in [0.1, 0.15) is 11.3 Å². The van der Waals surface area contributed by atoms with Crippen LogP contribution in [0.1, 0.15) is 23.4 Å². The molecule has 0 N–H and O–H groups in total. The summed E-state index contributed by atoms with van der Waals surface area (Å²) in [5.74, 6) is 0.165. The fourth-order valence-corrected chi connectivity index (χ4v) is 3.66. The Morgan fingerprint density at radius 2 is 2.23 bits per heavy atom. The van der Waals surface area contributed by atoms with E-state index in [0.29, 0.717) is 12.8 Å². The van der Waals surface area contributed by atoms with Crippen LogP contribution in [0.25, 0.3) is 4.96 Å². The third kappa shape index (κ3) is 2.37. The molecule has 0 bridgehead atoms. The molecule has 0 saturated carbocycles. The van der Waals surface area contributed by atoms with Crippen LogP contribution in [-0.2, 0) is 17.6 Å². The molecule has 1 aliphatic heterocycles. The highest BCUT2D eigenvalue weighted by molar-refractivity contribution is 7.16. The van der Waals surface area contributed by atoms with Crippen LogP contribution < -0.4 is 4.90 Å². The minimum atomic E-state index is 0.165. The number of aryl methyl sites for hydroxylation is 2. The van der Waals surface area contributed by atoms with E-state index in [1.54, 1.807) is 10.8 Å². The van der Waals surface area contributed by atoms with E-state index < -0.39 is 0 Å². The fraction of sp³-hybridized carbons (Fsp3) is 0.333. The first-order chi connectivity index (χ1) is 10.8. The zero-order chi connectivity index (χ0) is 14.9. The van der Waals surface area contributed by atoms with Crippen molar-refractivity contribution in [1.82, 2.24) is 19.8 Å². The summed E-state index contributed by atoms with van der Waals surface area (Å²) < 4.78 is 1.65. The largest absolute Gasteiger partial charge is 0.312 e. The van der Waals surface area contributed by atoms with Crippen molar-refractivity contribution in [2.24, 2.45) is 0 Å². The normalized spacial score (nSPS) is 14.3. The summed E-state index contributed by atoms with van der Waals surface area (Å²) in [5, 5.41) is 13.0. The number of fused-ring (bicyclic) bond motifs is 2. The average Bonchev–Trinajstić information content (AvgIpc) is 3.13. The quantitative estimate of drug-likeness (QED) is 0.743.